The first kappa shape index (κ1) is 8.51. The van der Waals surface area contributed by atoms with Crippen LogP contribution in [0.5, 0.6) is 0 Å². The highest BCUT2D eigenvalue weighted by Gasteiger charge is 2.01. The second kappa shape index (κ2) is 3.34. The molecule has 64 valence electrons. The summed E-state index contributed by atoms with van der Waals surface area (Å²) < 4.78 is 2.86. The molecule has 0 saturated carbocycles. The van der Waals surface area contributed by atoms with Gasteiger partial charge in [-0.3, -0.25) is 4.68 Å². The van der Waals surface area contributed by atoms with Crippen molar-refractivity contribution in [3.05, 3.63) is 28.0 Å². The molecule has 0 aliphatic rings. The third-order valence-corrected chi connectivity index (χ3v) is 2.50. The minimum absolute atomic E-state index is 0.309. The fourth-order valence-electron chi connectivity index (χ4n) is 1.24. The number of rotatable bonds is 1. The third-order valence-electron chi connectivity index (χ3n) is 1.83. The van der Waals surface area contributed by atoms with E-state index in [4.69, 9.17) is 5.26 Å². The summed E-state index contributed by atoms with van der Waals surface area (Å²) in [5, 5.41) is 13.8. The highest BCUT2D eigenvalue weighted by atomic mass is 127. The zero-order valence-corrected chi connectivity index (χ0v) is 8.89. The van der Waals surface area contributed by atoms with E-state index < -0.39 is 0 Å². The van der Waals surface area contributed by atoms with Gasteiger partial charge in [0.05, 0.1) is 17.8 Å². The molecule has 2 rings (SSSR count). The van der Waals surface area contributed by atoms with Gasteiger partial charge in [-0.05, 0) is 34.7 Å². The average molecular weight is 283 g/mol. The Labute approximate surface area is 89.1 Å². The Balaban J connectivity index is 2.66. The lowest BCUT2D eigenvalue weighted by atomic mass is 10.3. The van der Waals surface area contributed by atoms with Gasteiger partial charge in [0.1, 0.15) is 6.54 Å². The minimum Gasteiger partial charge on any atom is -0.251 e. The molecule has 13 heavy (non-hydrogen) atoms. The Morgan fingerprint density at radius 3 is 3.15 bits per heavy atom. The van der Waals surface area contributed by atoms with Gasteiger partial charge in [0, 0.05) is 8.96 Å². The van der Waals surface area contributed by atoms with Crippen molar-refractivity contribution in [2.45, 2.75) is 6.54 Å². The van der Waals surface area contributed by atoms with Gasteiger partial charge in [0.2, 0.25) is 0 Å². The minimum atomic E-state index is 0.309. The summed E-state index contributed by atoms with van der Waals surface area (Å²) in [4.78, 5) is 0. The normalized spacial score (nSPS) is 10.2. The summed E-state index contributed by atoms with van der Waals surface area (Å²) >= 11 is 2.25. The first-order valence-electron chi connectivity index (χ1n) is 3.79. The van der Waals surface area contributed by atoms with Gasteiger partial charge in [-0.2, -0.15) is 10.4 Å². The number of halogens is 1. The van der Waals surface area contributed by atoms with E-state index in [0.717, 1.165) is 14.5 Å². The standard InChI is InChI=1S/C9H6IN3/c10-8-2-1-7-6-12-13(4-3-11)9(7)5-8/h1-2,5-6H,4H2. The summed E-state index contributed by atoms with van der Waals surface area (Å²) in [6, 6.07) is 8.15. The SMILES string of the molecule is N#CCn1ncc2ccc(I)cc21. The van der Waals surface area contributed by atoms with E-state index in [9.17, 15) is 0 Å². The van der Waals surface area contributed by atoms with Crippen LogP contribution < -0.4 is 0 Å². The van der Waals surface area contributed by atoms with Crippen LogP contribution in [0, 0.1) is 14.9 Å². The fourth-order valence-corrected chi connectivity index (χ4v) is 1.71. The Kier molecular flexibility index (Phi) is 2.19. The maximum atomic E-state index is 8.55. The summed E-state index contributed by atoms with van der Waals surface area (Å²) in [5.74, 6) is 0. The molecule has 0 fully saturated rings. The van der Waals surface area contributed by atoms with Crippen LogP contribution in [0.1, 0.15) is 0 Å². The van der Waals surface area contributed by atoms with Gasteiger partial charge in [0.25, 0.3) is 0 Å². The van der Waals surface area contributed by atoms with Crippen LogP contribution in [0.25, 0.3) is 10.9 Å². The van der Waals surface area contributed by atoms with E-state index in [-0.39, 0.29) is 0 Å². The van der Waals surface area contributed by atoms with E-state index in [1.165, 1.54) is 0 Å². The molecule has 1 heterocycles. The van der Waals surface area contributed by atoms with Gasteiger partial charge in [0.15, 0.2) is 0 Å². The first-order valence-corrected chi connectivity index (χ1v) is 4.87. The summed E-state index contributed by atoms with van der Waals surface area (Å²) in [7, 11) is 0. The number of fused-ring (bicyclic) bond motifs is 1. The molecule has 3 nitrogen and oxygen atoms in total. The second-order valence-corrected chi connectivity index (χ2v) is 3.91. The molecule has 0 amide bonds. The monoisotopic (exact) mass is 283 g/mol. The van der Waals surface area contributed by atoms with Crippen LogP contribution in [0.2, 0.25) is 0 Å². The number of nitriles is 1. The number of hydrogen-bond acceptors (Lipinski definition) is 2. The van der Waals surface area contributed by atoms with E-state index in [2.05, 4.69) is 33.8 Å². The molecule has 1 aromatic carbocycles. The summed E-state index contributed by atoms with van der Waals surface area (Å²) in [5.41, 5.74) is 1.02. The second-order valence-electron chi connectivity index (χ2n) is 2.66. The van der Waals surface area contributed by atoms with Crippen LogP contribution in [0.4, 0.5) is 0 Å². The number of benzene rings is 1. The van der Waals surface area contributed by atoms with Crippen molar-refractivity contribution in [1.29, 1.82) is 5.26 Å². The molecule has 4 heteroatoms. The molecule has 0 aliphatic carbocycles. The van der Waals surface area contributed by atoms with Gasteiger partial charge in [-0.1, -0.05) is 6.07 Å². The van der Waals surface area contributed by atoms with Crippen molar-refractivity contribution >= 4 is 33.5 Å². The Bertz CT molecular complexity index is 481. The van der Waals surface area contributed by atoms with Gasteiger partial charge in [-0.25, -0.2) is 0 Å². The molecule has 0 saturated heterocycles. The average Bonchev–Trinajstić information content (AvgIpc) is 2.49. The highest BCUT2D eigenvalue weighted by Crippen LogP contribution is 2.16. The molecule has 2 aromatic rings. The maximum absolute atomic E-state index is 8.55. The van der Waals surface area contributed by atoms with Crippen LogP contribution in [-0.4, -0.2) is 9.78 Å². The summed E-state index contributed by atoms with van der Waals surface area (Å²) in [6.07, 6.45) is 1.78. The topological polar surface area (TPSA) is 41.6 Å². The third kappa shape index (κ3) is 1.52. The Hall–Kier alpha value is -1.09. The van der Waals surface area contributed by atoms with Crippen molar-refractivity contribution in [3.8, 4) is 6.07 Å². The number of nitrogens with zero attached hydrogens (tertiary/aromatic N) is 3. The van der Waals surface area contributed by atoms with Crippen LogP contribution >= 0.6 is 22.6 Å². The lowest BCUT2D eigenvalue weighted by molar-refractivity contribution is 0.736. The molecule has 0 N–H and O–H groups in total. The molecular weight excluding hydrogens is 277 g/mol. The molecule has 0 bridgehead atoms. The van der Waals surface area contributed by atoms with E-state index in [1.807, 2.05) is 18.2 Å². The Morgan fingerprint density at radius 2 is 2.38 bits per heavy atom. The first-order chi connectivity index (χ1) is 6.31. The number of hydrogen-bond donors (Lipinski definition) is 0. The fraction of sp³-hybridized carbons (Fsp3) is 0.111. The van der Waals surface area contributed by atoms with Crippen LogP contribution in [0.3, 0.4) is 0 Å². The Morgan fingerprint density at radius 1 is 1.54 bits per heavy atom. The van der Waals surface area contributed by atoms with E-state index in [1.54, 1.807) is 10.9 Å². The van der Waals surface area contributed by atoms with Crippen molar-refractivity contribution < 1.29 is 0 Å². The molecule has 0 unspecified atom stereocenters. The summed E-state index contributed by atoms with van der Waals surface area (Å²) in [6.45, 7) is 0.309. The van der Waals surface area contributed by atoms with Crippen molar-refractivity contribution in [3.63, 3.8) is 0 Å². The largest absolute Gasteiger partial charge is 0.251 e. The highest BCUT2D eigenvalue weighted by molar-refractivity contribution is 14.1. The zero-order valence-electron chi connectivity index (χ0n) is 6.74. The smallest absolute Gasteiger partial charge is 0.128 e. The van der Waals surface area contributed by atoms with Crippen molar-refractivity contribution in [2.24, 2.45) is 0 Å². The lowest BCUT2D eigenvalue weighted by Gasteiger charge is -1.96. The molecule has 1 aromatic heterocycles. The van der Waals surface area contributed by atoms with E-state index in [0.29, 0.717) is 6.54 Å². The lowest BCUT2D eigenvalue weighted by Crippen LogP contribution is -1.96. The molecular formula is C9H6IN3. The molecule has 0 radical (unpaired) electrons. The molecule has 0 spiro atoms. The molecule has 0 atom stereocenters. The van der Waals surface area contributed by atoms with Crippen molar-refractivity contribution in [2.75, 3.05) is 0 Å². The maximum Gasteiger partial charge on any atom is 0.128 e. The quantitative estimate of drug-likeness (QED) is 0.753. The molecule has 0 aliphatic heterocycles. The number of aromatic nitrogens is 2. The van der Waals surface area contributed by atoms with Gasteiger partial charge < -0.3 is 0 Å². The van der Waals surface area contributed by atoms with Gasteiger partial charge in [-0.15, -0.1) is 0 Å². The predicted octanol–water partition coefficient (Wildman–Crippen LogP) is 2.16. The van der Waals surface area contributed by atoms with Gasteiger partial charge >= 0.3 is 0 Å². The predicted molar refractivity (Wildman–Crippen MR) is 58.1 cm³/mol. The van der Waals surface area contributed by atoms with Crippen LogP contribution in [-0.2, 0) is 6.54 Å². The van der Waals surface area contributed by atoms with E-state index >= 15 is 0 Å². The van der Waals surface area contributed by atoms with Crippen molar-refractivity contribution in [1.82, 2.24) is 9.78 Å². The van der Waals surface area contributed by atoms with Crippen LogP contribution in [0.15, 0.2) is 24.4 Å². The zero-order chi connectivity index (χ0) is 9.26.